The molecule has 1 amide bonds. The maximum atomic E-state index is 13.3. The molecule has 0 saturated carbocycles. The molecule has 0 spiro atoms. The summed E-state index contributed by atoms with van der Waals surface area (Å²) < 4.78 is 25.7. The van der Waals surface area contributed by atoms with Crippen LogP contribution in [-0.2, 0) is 16.4 Å². The fraction of sp³-hybridized carbons (Fsp3) is 0.120. The van der Waals surface area contributed by atoms with Crippen molar-refractivity contribution in [1.82, 2.24) is 9.78 Å². The molecule has 168 valence electrons. The maximum absolute atomic E-state index is 13.3. The van der Waals surface area contributed by atoms with Gasteiger partial charge in [0.1, 0.15) is 5.69 Å². The van der Waals surface area contributed by atoms with Crippen molar-refractivity contribution < 1.29 is 13.2 Å². The van der Waals surface area contributed by atoms with E-state index in [9.17, 15) is 13.2 Å². The van der Waals surface area contributed by atoms with Crippen LogP contribution in [0, 0.1) is 6.92 Å². The number of benzene rings is 3. The number of carbonyl (C=O) groups excluding carboxylic acids is 1. The van der Waals surface area contributed by atoms with E-state index in [1.54, 1.807) is 23.0 Å². The van der Waals surface area contributed by atoms with Crippen LogP contribution in [-0.4, -0.2) is 24.1 Å². The molecule has 1 aromatic heterocycles. The van der Waals surface area contributed by atoms with E-state index in [4.69, 9.17) is 5.14 Å². The van der Waals surface area contributed by atoms with Gasteiger partial charge in [0, 0.05) is 17.4 Å². The fourth-order valence-electron chi connectivity index (χ4n) is 3.65. The van der Waals surface area contributed by atoms with Crippen LogP contribution < -0.4 is 10.5 Å². The second-order valence-electron chi connectivity index (χ2n) is 7.72. The number of anilines is 1. The highest BCUT2D eigenvalue weighted by Gasteiger charge is 2.20. The molecule has 7 nitrogen and oxygen atoms in total. The van der Waals surface area contributed by atoms with Crippen molar-refractivity contribution >= 4 is 21.6 Å². The second kappa shape index (κ2) is 9.01. The maximum Gasteiger partial charge on any atom is 0.259 e. The van der Waals surface area contributed by atoms with Gasteiger partial charge in [0.25, 0.3) is 5.91 Å². The average Bonchev–Trinajstić information content (AvgIpc) is 3.25. The zero-order valence-electron chi connectivity index (χ0n) is 18.3. The quantitative estimate of drug-likeness (QED) is 0.447. The summed E-state index contributed by atoms with van der Waals surface area (Å²) in [4.78, 5) is 13.3. The SMILES string of the molecule is CCc1ccc(NC(=O)c2cn(-c3ccccc3)nc2-c2cccc(C)c2)cc1S(N)(=O)=O. The molecular weight excluding hydrogens is 436 g/mol. The van der Waals surface area contributed by atoms with Gasteiger partial charge in [0.05, 0.1) is 16.1 Å². The normalized spacial score (nSPS) is 11.4. The van der Waals surface area contributed by atoms with Crippen LogP contribution in [0.1, 0.15) is 28.4 Å². The molecule has 8 heteroatoms. The predicted molar refractivity (Wildman–Crippen MR) is 129 cm³/mol. The molecule has 33 heavy (non-hydrogen) atoms. The van der Waals surface area contributed by atoms with E-state index in [-0.39, 0.29) is 4.90 Å². The highest BCUT2D eigenvalue weighted by atomic mass is 32.2. The minimum Gasteiger partial charge on any atom is -0.322 e. The number of nitrogens with one attached hydrogen (secondary N) is 1. The van der Waals surface area contributed by atoms with Crippen molar-refractivity contribution in [2.24, 2.45) is 5.14 Å². The number of carbonyl (C=O) groups is 1. The Hall–Kier alpha value is -3.75. The Morgan fingerprint density at radius 3 is 2.45 bits per heavy atom. The molecule has 4 rings (SSSR count). The predicted octanol–water partition coefficient (Wildman–Crippen LogP) is 4.31. The summed E-state index contributed by atoms with van der Waals surface area (Å²) >= 11 is 0. The number of aromatic nitrogens is 2. The summed E-state index contributed by atoms with van der Waals surface area (Å²) in [5.41, 5.74) is 4.48. The Morgan fingerprint density at radius 1 is 1.03 bits per heavy atom. The molecule has 1 heterocycles. The molecule has 0 atom stereocenters. The molecule has 3 N–H and O–H groups in total. The van der Waals surface area contributed by atoms with Gasteiger partial charge in [-0.2, -0.15) is 5.10 Å². The van der Waals surface area contributed by atoms with E-state index >= 15 is 0 Å². The number of amides is 1. The van der Waals surface area contributed by atoms with Crippen LogP contribution in [0.15, 0.2) is 83.9 Å². The fourth-order valence-corrected chi connectivity index (χ4v) is 4.52. The zero-order valence-corrected chi connectivity index (χ0v) is 19.1. The summed E-state index contributed by atoms with van der Waals surface area (Å²) in [6.45, 7) is 3.82. The largest absolute Gasteiger partial charge is 0.322 e. The Kier molecular flexibility index (Phi) is 6.13. The molecule has 0 bridgehead atoms. The molecule has 0 saturated heterocycles. The molecule has 3 aromatic carbocycles. The lowest BCUT2D eigenvalue weighted by atomic mass is 10.1. The molecule has 4 aromatic rings. The molecule has 0 radical (unpaired) electrons. The van der Waals surface area contributed by atoms with Gasteiger partial charge in [0.15, 0.2) is 0 Å². The molecular formula is C25H24N4O3S. The number of nitrogens with two attached hydrogens (primary N) is 1. The standard InChI is InChI=1S/C25H24N4O3S/c1-3-18-12-13-20(15-23(18)33(26,31)32)27-25(30)22-16-29(21-10-5-4-6-11-21)28-24(22)19-9-7-8-17(2)14-19/h4-16H,3H2,1-2H3,(H,27,30)(H2,26,31,32). The number of hydrogen-bond acceptors (Lipinski definition) is 4. The van der Waals surface area contributed by atoms with Crippen LogP contribution in [0.3, 0.4) is 0 Å². The number of primary sulfonamides is 1. The van der Waals surface area contributed by atoms with Gasteiger partial charge in [-0.05, 0) is 49.2 Å². The Balaban J connectivity index is 1.76. The zero-order chi connectivity index (χ0) is 23.6. The Labute approximate surface area is 192 Å². The monoisotopic (exact) mass is 460 g/mol. The van der Waals surface area contributed by atoms with E-state index in [1.165, 1.54) is 6.07 Å². The number of nitrogens with zero attached hydrogens (tertiary/aromatic N) is 2. The number of aryl methyl sites for hydroxylation is 2. The van der Waals surface area contributed by atoms with Crippen LogP contribution in [0.4, 0.5) is 5.69 Å². The van der Waals surface area contributed by atoms with Crippen molar-refractivity contribution in [3.05, 3.63) is 95.7 Å². The highest BCUT2D eigenvalue weighted by molar-refractivity contribution is 7.89. The van der Waals surface area contributed by atoms with E-state index in [0.29, 0.717) is 28.9 Å². The van der Waals surface area contributed by atoms with Crippen molar-refractivity contribution in [2.75, 3.05) is 5.32 Å². The van der Waals surface area contributed by atoms with E-state index in [2.05, 4.69) is 10.4 Å². The van der Waals surface area contributed by atoms with Crippen LogP contribution >= 0.6 is 0 Å². The van der Waals surface area contributed by atoms with Gasteiger partial charge in [-0.1, -0.05) is 55.0 Å². The van der Waals surface area contributed by atoms with E-state index < -0.39 is 15.9 Å². The molecule has 0 unspecified atom stereocenters. The van der Waals surface area contributed by atoms with Gasteiger partial charge in [-0.15, -0.1) is 0 Å². The van der Waals surface area contributed by atoms with Gasteiger partial charge in [-0.3, -0.25) is 4.79 Å². The second-order valence-corrected chi connectivity index (χ2v) is 9.25. The molecule has 0 aliphatic carbocycles. The third-order valence-corrected chi connectivity index (χ3v) is 6.28. The minimum absolute atomic E-state index is 0.00156. The lowest BCUT2D eigenvalue weighted by Gasteiger charge is -2.10. The van der Waals surface area contributed by atoms with Gasteiger partial charge in [0.2, 0.25) is 10.0 Å². The summed E-state index contributed by atoms with van der Waals surface area (Å²) in [5, 5.41) is 12.9. The van der Waals surface area contributed by atoms with E-state index in [1.807, 2.05) is 68.4 Å². The first-order valence-electron chi connectivity index (χ1n) is 10.5. The van der Waals surface area contributed by atoms with Gasteiger partial charge < -0.3 is 5.32 Å². The topological polar surface area (TPSA) is 107 Å². The molecule has 0 aliphatic rings. The van der Waals surface area contributed by atoms with Crippen molar-refractivity contribution in [3.8, 4) is 16.9 Å². The van der Waals surface area contributed by atoms with Gasteiger partial charge in [-0.25, -0.2) is 18.2 Å². The molecule has 0 aliphatic heterocycles. The van der Waals surface area contributed by atoms with Crippen LogP contribution in [0.5, 0.6) is 0 Å². The van der Waals surface area contributed by atoms with Crippen LogP contribution in [0.2, 0.25) is 0 Å². The third kappa shape index (κ3) is 4.87. The number of rotatable bonds is 6. The Bertz CT molecular complexity index is 1430. The van der Waals surface area contributed by atoms with Gasteiger partial charge >= 0.3 is 0 Å². The minimum atomic E-state index is -3.92. The van der Waals surface area contributed by atoms with Crippen molar-refractivity contribution in [1.29, 1.82) is 0 Å². The first-order chi connectivity index (χ1) is 15.8. The Morgan fingerprint density at radius 2 is 1.79 bits per heavy atom. The number of sulfonamides is 1. The smallest absolute Gasteiger partial charge is 0.259 e. The van der Waals surface area contributed by atoms with Crippen molar-refractivity contribution in [2.45, 2.75) is 25.2 Å². The lowest BCUT2D eigenvalue weighted by molar-refractivity contribution is 0.102. The average molecular weight is 461 g/mol. The summed E-state index contributed by atoms with van der Waals surface area (Å²) in [6, 6.07) is 22.0. The summed E-state index contributed by atoms with van der Waals surface area (Å²) in [5.74, 6) is -0.404. The summed E-state index contributed by atoms with van der Waals surface area (Å²) in [6.07, 6.45) is 2.17. The first-order valence-corrected chi connectivity index (χ1v) is 12.0. The summed E-state index contributed by atoms with van der Waals surface area (Å²) in [7, 11) is -3.92. The lowest BCUT2D eigenvalue weighted by Crippen LogP contribution is -2.16. The van der Waals surface area contributed by atoms with Crippen LogP contribution in [0.25, 0.3) is 16.9 Å². The van der Waals surface area contributed by atoms with Crippen molar-refractivity contribution in [3.63, 3.8) is 0 Å². The van der Waals surface area contributed by atoms with E-state index in [0.717, 1.165) is 16.8 Å². The highest BCUT2D eigenvalue weighted by Crippen LogP contribution is 2.26. The third-order valence-electron chi connectivity index (χ3n) is 5.28. The number of para-hydroxylation sites is 1. The number of hydrogen-bond donors (Lipinski definition) is 2. The molecule has 0 fully saturated rings. The first kappa shape index (κ1) is 22.4.